The Morgan fingerprint density at radius 1 is 1.22 bits per heavy atom. The number of nitrogen functional groups attached to an aromatic ring is 1. The second kappa shape index (κ2) is 7.65. The van der Waals surface area contributed by atoms with E-state index < -0.39 is 0 Å². The molecule has 1 unspecified atom stereocenters. The van der Waals surface area contributed by atoms with Crippen LogP contribution in [-0.2, 0) is 0 Å². The van der Waals surface area contributed by atoms with Crippen molar-refractivity contribution in [1.82, 2.24) is 10.2 Å². The van der Waals surface area contributed by atoms with Crippen LogP contribution in [0.5, 0.6) is 5.75 Å². The van der Waals surface area contributed by atoms with Crippen molar-refractivity contribution >= 4 is 11.6 Å². The molecule has 0 saturated heterocycles. The normalized spacial score (nSPS) is 12.0. The minimum absolute atomic E-state index is 0.0407. The molecule has 0 saturated carbocycles. The number of ether oxygens (including phenoxy) is 1. The molecule has 0 heterocycles. The Morgan fingerprint density at radius 2 is 1.96 bits per heavy atom. The van der Waals surface area contributed by atoms with Crippen molar-refractivity contribution in [2.75, 3.05) is 33.5 Å². The van der Waals surface area contributed by atoms with E-state index in [0.717, 1.165) is 11.3 Å². The van der Waals surface area contributed by atoms with E-state index >= 15 is 0 Å². The van der Waals surface area contributed by atoms with Crippen molar-refractivity contribution in [3.63, 3.8) is 0 Å². The second-order valence-electron chi connectivity index (χ2n) is 5.55. The Balaban J connectivity index is 2.11. The zero-order valence-corrected chi connectivity index (χ0v) is 13.7. The van der Waals surface area contributed by atoms with Crippen LogP contribution in [0.15, 0.2) is 48.5 Å². The quantitative estimate of drug-likeness (QED) is 0.803. The topological polar surface area (TPSA) is 67.6 Å². The molecule has 5 heteroatoms. The summed E-state index contributed by atoms with van der Waals surface area (Å²) < 4.78 is 5.27. The van der Waals surface area contributed by atoms with E-state index in [2.05, 4.69) is 10.2 Å². The first-order valence-corrected chi connectivity index (χ1v) is 7.46. The number of carbonyl (C=O) groups is 1. The maximum atomic E-state index is 12.3. The van der Waals surface area contributed by atoms with Crippen LogP contribution in [0, 0.1) is 0 Å². The number of benzene rings is 2. The summed E-state index contributed by atoms with van der Waals surface area (Å²) in [6.45, 7) is 0.479. The summed E-state index contributed by atoms with van der Waals surface area (Å²) in [5.74, 6) is 0.630. The number of carbonyl (C=O) groups excluding carboxylic acids is 1. The summed E-state index contributed by atoms with van der Waals surface area (Å²) in [4.78, 5) is 14.4. The highest BCUT2D eigenvalue weighted by Crippen LogP contribution is 2.22. The largest absolute Gasteiger partial charge is 0.497 e. The van der Waals surface area contributed by atoms with E-state index in [1.54, 1.807) is 25.3 Å². The summed E-state index contributed by atoms with van der Waals surface area (Å²) in [7, 11) is 5.60. The van der Waals surface area contributed by atoms with E-state index in [9.17, 15) is 4.79 Å². The zero-order chi connectivity index (χ0) is 16.8. The SMILES string of the molecule is COc1cccc(C(CNC(=O)c2ccccc2N)N(C)C)c1. The van der Waals surface area contributed by atoms with Crippen LogP contribution in [-0.4, -0.2) is 38.6 Å². The predicted octanol–water partition coefficient (Wildman–Crippen LogP) is 2.31. The van der Waals surface area contributed by atoms with Gasteiger partial charge in [0.25, 0.3) is 5.91 Å². The van der Waals surface area contributed by atoms with Gasteiger partial charge in [-0.15, -0.1) is 0 Å². The summed E-state index contributed by atoms with van der Waals surface area (Å²) in [5, 5.41) is 2.96. The number of amides is 1. The van der Waals surface area contributed by atoms with Crippen LogP contribution in [0.4, 0.5) is 5.69 Å². The highest BCUT2D eigenvalue weighted by molar-refractivity contribution is 5.99. The van der Waals surface area contributed by atoms with Crippen molar-refractivity contribution in [3.8, 4) is 5.75 Å². The lowest BCUT2D eigenvalue weighted by atomic mass is 10.1. The third kappa shape index (κ3) is 4.23. The van der Waals surface area contributed by atoms with Crippen LogP contribution in [0.25, 0.3) is 0 Å². The van der Waals surface area contributed by atoms with Gasteiger partial charge in [-0.05, 0) is 43.9 Å². The summed E-state index contributed by atoms with van der Waals surface area (Å²) in [5.41, 5.74) is 7.90. The summed E-state index contributed by atoms with van der Waals surface area (Å²) >= 11 is 0. The van der Waals surface area contributed by atoms with Gasteiger partial charge in [-0.2, -0.15) is 0 Å². The van der Waals surface area contributed by atoms with Gasteiger partial charge < -0.3 is 20.7 Å². The van der Waals surface area contributed by atoms with Crippen LogP contribution >= 0.6 is 0 Å². The molecule has 0 bridgehead atoms. The number of para-hydroxylation sites is 1. The Kier molecular flexibility index (Phi) is 5.60. The molecule has 0 radical (unpaired) electrons. The molecule has 0 aliphatic heterocycles. The minimum Gasteiger partial charge on any atom is -0.497 e. The van der Waals surface area contributed by atoms with Crippen molar-refractivity contribution in [3.05, 3.63) is 59.7 Å². The first kappa shape index (κ1) is 16.8. The van der Waals surface area contributed by atoms with E-state index in [0.29, 0.717) is 17.8 Å². The van der Waals surface area contributed by atoms with E-state index in [1.807, 2.05) is 44.4 Å². The molecule has 0 aliphatic rings. The molecule has 2 aromatic rings. The fourth-order valence-corrected chi connectivity index (χ4v) is 2.44. The summed E-state index contributed by atoms with van der Waals surface area (Å²) in [6, 6.07) is 15.0. The number of hydrogen-bond donors (Lipinski definition) is 2. The van der Waals surface area contributed by atoms with E-state index in [-0.39, 0.29) is 11.9 Å². The number of methoxy groups -OCH3 is 1. The van der Waals surface area contributed by atoms with Gasteiger partial charge in [0.1, 0.15) is 5.75 Å². The first-order chi connectivity index (χ1) is 11.0. The molecular formula is C18H23N3O2. The van der Waals surface area contributed by atoms with Gasteiger partial charge in [0.2, 0.25) is 0 Å². The lowest BCUT2D eigenvalue weighted by Crippen LogP contribution is -2.34. The molecule has 1 amide bonds. The maximum absolute atomic E-state index is 12.3. The van der Waals surface area contributed by atoms with E-state index in [4.69, 9.17) is 10.5 Å². The fourth-order valence-electron chi connectivity index (χ4n) is 2.44. The van der Waals surface area contributed by atoms with Crippen LogP contribution in [0.3, 0.4) is 0 Å². The molecule has 122 valence electrons. The van der Waals surface area contributed by atoms with Crippen molar-refractivity contribution in [2.24, 2.45) is 0 Å². The Morgan fingerprint density at radius 3 is 2.61 bits per heavy atom. The van der Waals surface area contributed by atoms with Gasteiger partial charge in [-0.3, -0.25) is 4.79 Å². The number of rotatable bonds is 6. The van der Waals surface area contributed by atoms with Gasteiger partial charge in [-0.25, -0.2) is 0 Å². The average Bonchev–Trinajstić information content (AvgIpc) is 2.55. The minimum atomic E-state index is -0.169. The number of hydrogen-bond acceptors (Lipinski definition) is 4. The molecule has 2 rings (SSSR count). The zero-order valence-electron chi connectivity index (χ0n) is 13.7. The molecule has 0 aromatic heterocycles. The molecule has 0 aliphatic carbocycles. The Bertz CT molecular complexity index is 671. The van der Waals surface area contributed by atoms with E-state index in [1.165, 1.54) is 0 Å². The highest BCUT2D eigenvalue weighted by atomic mass is 16.5. The molecular weight excluding hydrogens is 290 g/mol. The van der Waals surface area contributed by atoms with Gasteiger partial charge in [0.15, 0.2) is 0 Å². The smallest absolute Gasteiger partial charge is 0.253 e. The Hall–Kier alpha value is -2.53. The highest BCUT2D eigenvalue weighted by Gasteiger charge is 2.17. The number of nitrogens with zero attached hydrogens (tertiary/aromatic N) is 1. The van der Waals surface area contributed by atoms with Crippen molar-refractivity contribution in [2.45, 2.75) is 6.04 Å². The predicted molar refractivity (Wildman–Crippen MR) is 92.6 cm³/mol. The number of anilines is 1. The molecule has 1 atom stereocenters. The molecule has 5 nitrogen and oxygen atoms in total. The number of likely N-dealkylation sites (N-methyl/N-ethyl adjacent to an activating group) is 1. The number of nitrogens with two attached hydrogens (primary N) is 1. The van der Waals surface area contributed by atoms with Crippen molar-refractivity contribution in [1.29, 1.82) is 0 Å². The third-order valence-electron chi connectivity index (χ3n) is 3.76. The molecule has 2 aromatic carbocycles. The van der Waals surface area contributed by atoms with Crippen LogP contribution in [0.2, 0.25) is 0 Å². The third-order valence-corrected chi connectivity index (χ3v) is 3.76. The van der Waals surface area contributed by atoms with Gasteiger partial charge >= 0.3 is 0 Å². The van der Waals surface area contributed by atoms with Gasteiger partial charge in [-0.1, -0.05) is 24.3 Å². The first-order valence-electron chi connectivity index (χ1n) is 7.46. The molecule has 23 heavy (non-hydrogen) atoms. The Labute approximate surface area is 137 Å². The monoisotopic (exact) mass is 313 g/mol. The molecule has 0 fully saturated rings. The van der Waals surface area contributed by atoms with Crippen LogP contribution in [0.1, 0.15) is 22.0 Å². The maximum Gasteiger partial charge on any atom is 0.253 e. The van der Waals surface area contributed by atoms with Gasteiger partial charge in [0, 0.05) is 12.2 Å². The second-order valence-corrected chi connectivity index (χ2v) is 5.55. The fraction of sp³-hybridized carbons (Fsp3) is 0.278. The van der Waals surface area contributed by atoms with Crippen molar-refractivity contribution < 1.29 is 9.53 Å². The van der Waals surface area contributed by atoms with Gasteiger partial charge in [0.05, 0.1) is 18.7 Å². The lowest BCUT2D eigenvalue weighted by Gasteiger charge is -2.25. The standard InChI is InChI=1S/C18H23N3O2/c1-21(2)17(13-7-6-8-14(11-13)23-3)12-20-18(22)15-9-4-5-10-16(15)19/h4-11,17H,12,19H2,1-3H3,(H,20,22). The molecule has 3 N–H and O–H groups in total. The summed E-state index contributed by atoms with van der Waals surface area (Å²) in [6.07, 6.45) is 0. The number of nitrogens with one attached hydrogen (secondary N) is 1. The lowest BCUT2D eigenvalue weighted by molar-refractivity contribution is 0.0943. The molecule has 0 spiro atoms. The average molecular weight is 313 g/mol. The van der Waals surface area contributed by atoms with Crippen LogP contribution < -0.4 is 15.8 Å².